The molecule has 0 aromatic heterocycles. The van der Waals surface area contributed by atoms with Gasteiger partial charge in [-0.25, -0.2) is 8.42 Å². The van der Waals surface area contributed by atoms with Gasteiger partial charge in [-0.05, 0) is 24.6 Å². The van der Waals surface area contributed by atoms with Crippen LogP contribution in [-0.2, 0) is 14.8 Å². The molecule has 0 unspecified atom stereocenters. The molecule has 0 atom stereocenters. The summed E-state index contributed by atoms with van der Waals surface area (Å²) in [7, 11) is -3.16. The second-order valence-electron chi connectivity index (χ2n) is 6.69. The predicted octanol–water partition coefficient (Wildman–Crippen LogP) is 3.46. The minimum absolute atomic E-state index is 0.145. The zero-order chi connectivity index (χ0) is 19.9. The normalized spacial score (nSPS) is 16.4. The fraction of sp³-hybridized carbons (Fsp3) is 0.611. The first-order valence-electron chi connectivity index (χ1n) is 9.27. The number of unbranched alkanes of at least 4 members (excludes halogenated alkanes) is 2. The zero-order valence-corrected chi connectivity index (χ0v) is 17.9. The number of nitrogens with zero attached hydrogens (tertiary/aromatic N) is 2. The molecule has 9 heteroatoms. The SMILES string of the molecule is CCCCCS(=O)(=O)N1CCN(CCC(=O)Nc2cc(Cl)ccc2Cl)CC1. The Bertz CT molecular complexity index is 735. The van der Waals surface area contributed by atoms with Crippen LogP contribution >= 0.6 is 23.2 Å². The first-order chi connectivity index (χ1) is 12.8. The second kappa shape index (κ2) is 10.6. The summed E-state index contributed by atoms with van der Waals surface area (Å²) in [5.74, 6) is 0.0812. The number of rotatable bonds is 9. The average molecular weight is 436 g/mol. The summed E-state index contributed by atoms with van der Waals surface area (Å²) in [6, 6.07) is 4.92. The van der Waals surface area contributed by atoms with Crippen LogP contribution in [0.15, 0.2) is 18.2 Å². The van der Waals surface area contributed by atoms with Crippen LogP contribution in [-0.4, -0.2) is 62.0 Å². The average Bonchev–Trinajstić information content (AvgIpc) is 2.63. The van der Waals surface area contributed by atoms with Gasteiger partial charge in [0.2, 0.25) is 15.9 Å². The van der Waals surface area contributed by atoms with E-state index in [0.717, 1.165) is 12.8 Å². The molecule has 1 amide bonds. The smallest absolute Gasteiger partial charge is 0.225 e. The van der Waals surface area contributed by atoms with E-state index in [1.54, 1.807) is 22.5 Å². The van der Waals surface area contributed by atoms with Gasteiger partial charge >= 0.3 is 0 Å². The van der Waals surface area contributed by atoms with Gasteiger partial charge in [-0.2, -0.15) is 4.31 Å². The second-order valence-corrected chi connectivity index (χ2v) is 9.62. The molecule has 0 aliphatic carbocycles. The van der Waals surface area contributed by atoms with Crippen molar-refractivity contribution >= 4 is 44.8 Å². The Morgan fingerprint density at radius 2 is 1.85 bits per heavy atom. The molecule has 1 N–H and O–H groups in total. The molecule has 2 rings (SSSR count). The molecule has 1 aromatic carbocycles. The molecule has 6 nitrogen and oxygen atoms in total. The van der Waals surface area contributed by atoms with Crippen LogP contribution in [0, 0.1) is 0 Å². The van der Waals surface area contributed by atoms with E-state index >= 15 is 0 Å². The lowest BCUT2D eigenvalue weighted by atomic mass is 10.3. The van der Waals surface area contributed by atoms with E-state index in [1.165, 1.54) is 0 Å². The quantitative estimate of drug-likeness (QED) is 0.602. The standard InChI is InChI=1S/C18H27Cl2N3O3S/c1-2-3-4-13-27(25,26)23-11-9-22(10-12-23)8-7-18(24)21-17-14-15(19)5-6-16(17)20/h5-6,14H,2-4,7-13H2,1H3,(H,21,24). The first-order valence-corrected chi connectivity index (χ1v) is 11.6. The molecule has 1 aliphatic heterocycles. The van der Waals surface area contributed by atoms with Crippen molar-refractivity contribution in [3.8, 4) is 0 Å². The fourth-order valence-electron chi connectivity index (χ4n) is 2.96. The lowest BCUT2D eigenvalue weighted by Gasteiger charge is -2.33. The fourth-order valence-corrected chi connectivity index (χ4v) is 4.84. The molecule has 0 radical (unpaired) electrons. The van der Waals surface area contributed by atoms with Crippen molar-refractivity contribution in [2.75, 3.05) is 43.8 Å². The topological polar surface area (TPSA) is 69.7 Å². The summed E-state index contributed by atoms with van der Waals surface area (Å²) in [5, 5.41) is 3.71. The van der Waals surface area contributed by atoms with E-state index in [-0.39, 0.29) is 11.7 Å². The Hall–Kier alpha value is -0.860. The van der Waals surface area contributed by atoms with Crippen LogP contribution < -0.4 is 5.32 Å². The maximum Gasteiger partial charge on any atom is 0.225 e. The molecule has 1 heterocycles. The van der Waals surface area contributed by atoms with E-state index in [9.17, 15) is 13.2 Å². The van der Waals surface area contributed by atoms with Gasteiger partial charge in [0.05, 0.1) is 16.5 Å². The monoisotopic (exact) mass is 435 g/mol. The van der Waals surface area contributed by atoms with Crippen LogP contribution in [0.2, 0.25) is 10.0 Å². The maximum absolute atomic E-state index is 12.3. The number of benzene rings is 1. The molecule has 0 saturated carbocycles. The van der Waals surface area contributed by atoms with E-state index in [4.69, 9.17) is 23.2 Å². The van der Waals surface area contributed by atoms with Crippen LogP contribution in [0.5, 0.6) is 0 Å². The molecule has 27 heavy (non-hydrogen) atoms. The Kier molecular flexibility index (Phi) is 8.82. The third kappa shape index (κ3) is 7.23. The lowest BCUT2D eigenvalue weighted by molar-refractivity contribution is -0.116. The number of anilines is 1. The summed E-state index contributed by atoms with van der Waals surface area (Å²) in [4.78, 5) is 14.3. The molecule has 0 bridgehead atoms. The van der Waals surface area contributed by atoms with Gasteiger partial charge in [-0.15, -0.1) is 0 Å². The van der Waals surface area contributed by atoms with Gasteiger partial charge in [0.15, 0.2) is 0 Å². The minimum Gasteiger partial charge on any atom is -0.325 e. The molecular weight excluding hydrogens is 409 g/mol. The van der Waals surface area contributed by atoms with E-state index in [1.807, 2.05) is 0 Å². The molecule has 1 fully saturated rings. The van der Waals surface area contributed by atoms with Crippen molar-refractivity contribution in [1.82, 2.24) is 9.21 Å². The maximum atomic E-state index is 12.3. The lowest BCUT2D eigenvalue weighted by Crippen LogP contribution is -2.49. The van der Waals surface area contributed by atoms with Crippen molar-refractivity contribution in [3.05, 3.63) is 28.2 Å². The predicted molar refractivity (Wildman–Crippen MR) is 111 cm³/mol. The van der Waals surface area contributed by atoms with E-state index < -0.39 is 10.0 Å². The Morgan fingerprint density at radius 1 is 1.15 bits per heavy atom. The summed E-state index contributed by atoms with van der Waals surface area (Å²) in [6.07, 6.45) is 2.97. The highest BCUT2D eigenvalue weighted by molar-refractivity contribution is 7.89. The largest absolute Gasteiger partial charge is 0.325 e. The van der Waals surface area contributed by atoms with Crippen LogP contribution in [0.25, 0.3) is 0 Å². The Labute approximate surface area is 171 Å². The van der Waals surface area contributed by atoms with E-state index in [2.05, 4.69) is 17.1 Å². The van der Waals surface area contributed by atoms with Gasteiger partial charge in [0.1, 0.15) is 0 Å². The number of carbonyl (C=O) groups excluding carboxylic acids is 1. The summed E-state index contributed by atoms with van der Waals surface area (Å²) < 4.78 is 26.2. The third-order valence-corrected chi connectivity index (χ3v) is 7.11. The highest BCUT2D eigenvalue weighted by Crippen LogP contribution is 2.25. The van der Waals surface area contributed by atoms with Crippen molar-refractivity contribution < 1.29 is 13.2 Å². The van der Waals surface area contributed by atoms with Crippen LogP contribution in [0.1, 0.15) is 32.6 Å². The number of piperazine rings is 1. The number of nitrogens with one attached hydrogen (secondary N) is 1. The van der Waals surface area contributed by atoms with Crippen molar-refractivity contribution in [2.45, 2.75) is 32.6 Å². The summed E-state index contributed by atoms with van der Waals surface area (Å²) in [6.45, 7) is 4.87. The number of hydrogen-bond donors (Lipinski definition) is 1. The zero-order valence-electron chi connectivity index (χ0n) is 15.6. The van der Waals surface area contributed by atoms with Crippen molar-refractivity contribution in [2.24, 2.45) is 0 Å². The first kappa shape index (κ1) is 22.4. The van der Waals surface area contributed by atoms with Crippen molar-refractivity contribution in [3.63, 3.8) is 0 Å². The molecular formula is C18H27Cl2N3O3S. The number of carbonyl (C=O) groups is 1. The molecule has 1 aliphatic rings. The number of halogens is 2. The minimum atomic E-state index is -3.16. The summed E-state index contributed by atoms with van der Waals surface area (Å²) in [5.41, 5.74) is 0.497. The summed E-state index contributed by atoms with van der Waals surface area (Å²) >= 11 is 12.0. The number of hydrogen-bond acceptors (Lipinski definition) is 4. The molecule has 152 valence electrons. The molecule has 1 saturated heterocycles. The van der Waals surface area contributed by atoms with Gasteiger partial charge in [-0.3, -0.25) is 4.79 Å². The Morgan fingerprint density at radius 3 is 2.52 bits per heavy atom. The number of amides is 1. The molecule has 0 spiro atoms. The van der Waals surface area contributed by atoms with Gasteiger partial charge in [0, 0.05) is 44.2 Å². The highest BCUT2D eigenvalue weighted by atomic mass is 35.5. The van der Waals surface area contributed by atoms with Crippen LogP contribution in [0.3, 0.4) is 0 Å². The highest BCUT2D eigenvalue weighted by Gasteiger charge is 2.26. The van der Waals surface area contributed by atoms with Crippen molar-refractivity contribution in [1.29, 1.82) is 0 Å². The van der Waals surface area contributed by atoms with E-state index in [0.29, 0.717) is 61.3 Å². The van der Waals surface area contributed by atoms with Gasteiger partial charge in [-0.1, -0.05) is 43.0 Å². The van der Waals surface area contributed by atoms with Crippen LogP contribution in [0.4, 0.5) is 5.69 Å². The number of sulfonamides is 1. The third-order valence-electron chi connectivity index (χ3n) is 4.59. The Balaban J connectivity index is 1.74. The molecule has 1 aromatic rings. The van der Waals surface area contributed by atoms with Gasteiger partial charge in [0.25, 0.3) is 0 Å². The van der Waals surface area contributed by atoms with Gasteiger partial charge < -0.3 is 10.2 Å².